The number of para-hydroxylation sites is 1. The van der Waals surface area contributed by atoms with E-state index in [9.17, 15) is 9.59 Å². The number of ketones is 1. The molecule has 158 valence electrons. The second-order valence-corrected chi connectivity index (χ2v) is 7.98. The van der Waals surface area contributed by atoms with Crippen molar-refractivity contribution in [3.63, 3.8) is 0 Å². The van der Waals surface area contributed by atoms with Crippen LogP contribution in [0.2, 0.25) is 0 Å². The maximum absolute atomic E-state index is 13.0. The van der Waals surface area contributed by atoms with Gasteiger partial charge >= 0.3 is 5.97 Å². The molecule has 0 amide bonds. The van der Waals surface area contributed by atoms with Gasteiger partial charge in [0.15, 0.2) is 5.76 Å². The molecule has 32 heavy (non-hydrogen) atoms. The number of carbonyl (C=O) groups is 2. The highest BCUT2D eigenvalue weighted by molar-refractivity contribution is 6.15. The van der Waals surface area contributed by atoms with Crippen molar-refractivity contribution in [2.45, 2.75) is 13.8 Å². The van der Waals surface area contributed by atoms with E-state index >= 15 is 0 Å². The zero-order valence-electron chi connectivity index (χ0n) is 18.0. The predicted octanol–water partition coefficient (Wildman–Crippen LogP) is 5.63. The highest BCUT2D eigenvalue weighted by Crippen LogP contribution is 2.40. The van der Waals surface area contributed by atoms with Crippen LogP contribution in [0.5, 0.6) is 11.5 Å². The zero-order chi connectivity index (χ0) is 22.4. The van der Waals surface area contributed by atoms with Gasteiger partial charge in [0.1, 0.15) is 11.5 Å². The van der Waals surface area contributed by atoms with Gasteiger partial charge in [0.25, 0.3) is 0 Å². The van der Waals surface area contributed by atoms with Gasteiger partial charge < -0.3 is 14.0 Å². The molecule has 1 aliphatic rings. The molecule has 0 saturated carbocycles. The van der Waals surface area contributed by atoms with E-state index < -0.39 is 5.97 Å². The fourth-order valence-corrected chi connectivity index (χ4v) is 4.04. The molecular weight excluding hydrogens is 402 g/mol. The van der Waals surface area contributed by atoms with Crippen LogP contribution in [0.1, 0.15) is 37.4 Å². The lowest BCUT2D eigenvalue weighted by Crippen LogP contribution is -2.09. The number of allylic oxidation sites excluding steroid dienone is 1. The molecular formula is C27H21NO4. The second kappa shape index (κ2) is 7.54. The van der Waals surface area contributed by atoms with Crippen LogP contribution in [0.3, 0.4) is 0 Å². The standard InChI is InChI=1S/C27H21NO4/c1-16-7-6-8-18(13-16)27(30)32-23-12-11-21-25(29)24(31-26(21)17(23)2)14-19-15-28(3)22-10-5-4-9-20(19)22/h4-15H,1-3H3/b24-14-. The lowest BCUT2D eigenvalue weighted by atomic mass is 10.1. The number of carbonyl (C=O) groups excluding carboxylic acids is 2. The lowest BCUT2D eigenvalue weighted by molar-refractivity contribution is 0.0733. The van der Waals surface area contributed by atoms with Crippen LogP contribution >= 0.6 is 0 Å². The van der Waals surface area contributed by atoms with E-state index in [0.29, 0.717) is 28.2 Å². The lowest BCUT2D eigenvalue weighted by Gasteiger charge is -2.10. The summed E-state index contributed by atoms with van der Waals surface area (Å²) in [6.07, 6.45) is 3.74. The number of aromatic nitrogens is 1. The Morgan fingerprint density at radius 2 is 1.84 bits per heavy atom. The molecule has 5 nitrogen and oxygen atoms in total. The summed E-state index contributed by atoms with van der Waals surface area (Å²) in [5.41, 5.74) is 4.50. The Kier molecular flexibility index (Phi) is 4.67. The van der Waals surface area contributed by atoms with Crippen molar-refractivity contribution in [1.29, 1.82) is 0 Å². The number of hydrogen-bond donors (Lipinski definition) is 0. The summed E-state index contributed by atoms with van der Waals surface area (Å²) in [6, 6.07) is 18.5. The minimum absolute atomic E-state index is 0.187. The van der Waals surface area contributed by atoms with Crippen molar-refractivity contribution in [2.75, 3.05) is 0 Å². The first-order chi connectivity index (χ1) is 15.4. The minimum Gasteiger partial charge on any atom is -0.452 e. The summed E-state index contributed by atoms with van der Waals surface area (Å²) in [6.45, 7) is 3.70. The number of ether oxygens (including phenoxy) is 2. The maximum atomic E-state index is 13.0. The third-order valence-electron chi connectivity index (χ3n) is 5.71. The highest BCUT2D eigenvalue weighted by atomic mass is 16.5. The summed E-state index contributed by atoms with van der Waals surface area (Å²) >= 11 is 0. The summed E-state index contributed by atoms with van der Waals surface area (Å²) in [7, 11) is 1.97. The van der Waals surface area contributed by atoms with E-state index in [1.54, 1.807) is 37.3 Å². The Labute approximate surface area is 185 Å². The van der Waals surface area contributed by atoms with Gasteiger partial charge in [-0.05, 0) is 50.3 Å². The summed E-state index contributed by atoms with van der Waals surface area (Å²) < 4.78 is 13.6. The molecule has 1 aliphatic heterocycles. The Morgan fingerprint density at radius 3 is 2.66 bits per heavy atom. The van der Waals surface area contributed by atoms with Crippen molar-refractivity contribution in [3.05, 3.63) is 100 Å². The molecule has 0 atom stereocenters. The van der Waals surface area contributed by atoms with Crippen LogP contribution in [-0.4, -0.2) is 16.3 Å². The molecule has 3 aromatic carbocycles. The van der Waals surface area contributed by atoms with E-state index in [-0.39, 0.29) is 11.5 Å². The van der Waals surface area contributed by atoms with Crippen LogP contribution in [0.4, 0.5) is 0 Å². The van der Waals surface area contributed by atoms with Gasteiger partial charge in [-0.25, -0.2) is 4.79 Å². The highest BCUT2D eigenvalue weighted by Gasteiger charge is 2.31. The van der Waals surface area contributed by atoms with Crippen LogP contribution in [0.25, 0.3) is 17.0 Å². The number of esters is 1. The molecule has 0 bridgehead atoms. The molecule has 0 aliphatic carbocycles. The molecule has 0 unspecified atom stereocenters. The molecule has 5 rings (SSSR count). The average molecular weight is 423 g/mol. The topological polar surface area (TPSA) is 57.5 Å². The monoisotopic (exact) mass is 423 g/mol. The summed E-state index contributed by atoms with van der Waals surface area (Å²) in [5.74, 6) is 0.410. The molecule has 0 spiro atoms. The third-order valence-corrected chi connectivity index (χ3v) is 5.71. The quantitative estimate of drug-likeness (QED) is 0.243. The predicted molar refractivity (Wildman–Crippen MR) is 123 cm³/mol. The SMILES string of the molecule is Cc1cccc(C(=O)Oc2ccc3c(c2C)O/C(=C\c2cn(C)c4ccccc24)C3=O)c1. The average Bonchev–Trinajstić information content (AvgIpc) is 3.28. The van der Waals surface area contributed by atoms with Gasteiger partial charge in [0, 0.05) is 35.3 Å². The molecule has 0 radical (unpaired) electrons. The van der Waals surface area contributed by atoms with Crippen LogP contribution in [-0.2, 0) is 7.05 Å². The minimum atomic E-state index is -0.451. The number of Topliss-reactive ketones (excluding diaryl/α,β-unsaturated/α-hetero) is 1. The normalized spacial score (nSPS) is 14.0. The smallest absolute Gasteiger partial charge is 0.343 e. The summed E-state index contributed by atoms with van der Waals surface area (Å²) in [5, 5.41) is 1.04. The fourth-order valence-electron chi connectivity index (χ4n) is 4.04. The Hall–Kier alpha value is -4.12. The van der Waals surface area contributed by atoms with E-state index in [1.807, 2.05) is 61.1 Å². The molecule has 4 aromatic rings. The van der Waals surface area contributed by atoms with E-state index in [0.717, 1.165) is 22.0 Å². The Morgan fingerprint density at radius 1 is 1.03 bits per heavy atom. The number of fused-ring (bicyclic) bond motifs is 2. The van der Waals surface area contributed by atoms with Crippen molar-refractivity contribution in [1.82, 2.24) is 4.57 Å². The van der Waals surface area contributed by atoms with E-state index in [2.05, 4.69) is 0 Å². The molecule has 0 saturated heterocycles. The molecule has 1 aromatic heterocycles. The van der Waals surface area contributed by atoms with Crippen molar-refractivity contribution < 1.29 is 19.1 Å². The fraction of sp³-hybridized carbons (Fsp3) is 0.111. The van der Waals surface area contributed by atoms with Crippen molar-refractivity contribution >= 4 is 28.7 Å². The molecule has 2 heterocycles. The van der Waals surface area contributed by atoms with Crippen LogP contribution in [0.15, 0.2) is 72.6 Å². The molecule has 0 fully saturated rings. The third kappa shape index (κ3) is 3.28. The van der Waals surface area contributed by atoms with E-state index in [4.69, 9.17) is 9.47 Å². The zero-order valence-corrected chi connectivity index (χ0v) is 18.0. The molecule has 5 heteroatoms. The number of hydrogen-bond acceptors (Lipinski definition) is 4. The summed E-state index contributed by atoms with van der Waals surface area (Å²) in [4.78, 5) is 25.6. The number of aryl methyl sites for hydroxylation is 2. The molecule has 0 N–H and O–H groups in total. The van der Waals surface area contributed by atoms with Gasteiger partial charge in [-0.1, -0.05) is 35.9 Å². The number of benzene rings is 3. The van der Waals surface area contributed by atoms with E-state index in [1.165, 1.54) is 0 Å². The van der Waals surface area contributed by atoms with Gasteiger partial charge in [0.2, 0.25) is 5.78 Å². The Balaban J connectivity index is 1.47. The Bertz CT molecular complexity index is 1440. The van der Waals surface area contributed by atoms with Crippen LogP contribution < -0.4 is 9.47 Å². The first-order valence-electron chi connectivity index (χ1n) is 10.3. The van der Waals surface area contributed by atoms with Gasteiger partial charge in [-0.2, -0.15) is 0 Å². The maximum Gasteiger partial charge on any atom is 0.343 e. The van der Waals surface area contributed by atoms with Crippen molar-refractivity contribution in [3.8, 4) is 11.5 Å². The number of rotatable bonds is 3. The number of nitrogens with zero attached hydrogens (tertiary/aromatic N) is 1. The van der Waals surface area contributed by atoms with Gasteiger partial charge in [-0.3, -0.25) is 4.79 Å². The van der Waals surface area contributed by atoms with Crippen LogP contribution in [0, 0.1) is 13.8 Å². The largest absolute Gasteiger partial charge is 0.452 e. The first-order valence-corrected chi connectivity index (χ1v) is 10.3. The van der Waals surface area contributed by atoms with Crippen molar-refractivity contribution in [2.24, 2.45) is 7.05 Å². The first kappa shape index (κ1) is 19.8. The van der Waals surface area contributed by atoms with Gasteiger partial charge in [0.05, 0.1) is 11.1 Å². The second-order valence-electron chi connectivity index (χ2n) is 7.98. The van der Waals surface area contributed by atoms with Gasteiger partial charge in [-0.15, -0.1) is 0 Å².